The summed E-state index contributed by atoms with van der Waals surface area (Å²) in [6.45, 7) is 2.44. The van der Waals surface area contributed by atoms with Crippen molar-refractivity contribution in [3.63, 3.8) is 0 Å². The lowest BCUT2D eigenvalue weighted by Crippen LogP contribution is -2.18. The van der Waals surface area contributed by atoms with Gasteiger partial charge in [-0.15, -0.1) is 11.3 Å². The lowest BCUT2D eigenvalue weighted by molar-refractivity contribution is 0.302. The fourth-order valence-electron chi connectivity index (χ4n) is 1.66. The van der Waals surface area contributed by atoms with Gasteiger partial charge in [0, 0.05) is 22.6 Å². The zero-order valence-electron chi connectivity index (χ0n) is 10.1. The Kier molecular flexibility index (Phi) is 4.58. The lowest BCUT2D eigenvalue weighted by Gasteiger charge is -2.12. The number of benzene rings is 1. The van der Waals surface area contributed by atoms with E-state index in [0.29, 0.717) is 11.6 Å². The number of halogens is 1. The van der Waals surface area contributed by atoms with Gasteiger partial charge >= 0.3 is 0 Å². The molecule has 1 atom stereocenters. The molecule has 0 saturated heterocycles. The molecule has 0 amide bonds. The van der Waals surface area contributed by atoms with Gasteiger partial charge in [-0.1, -0.05) is 11.6 Å². The van der Waals surface area contributed by atoms with E-state index < -0.39 is 0 Å². The molecule has 2 aromatic rings. The minimum absolute atomic E-state index is 0.0747. The normalized spacial score (nSPS) is 12.4. The Balaban J connectivity index is 2.10. The summed E-state index contributed by atoms with van der Waals surface area (Å²) in [7, 11) is 0. The summed E-state index contributed by atoms with van der Waals surface area (Å²) >= 11 is 7.57. The van der Waals surface area contributed by atoms with Crippen molar-refractivity contribution in [2.45, 2.75) is 26.0 Å². The first kappa shape index (κ1) is 13.3. The second kappa shape index (κ2) is 6.18. The van der Waals surface area contributed by atoms with Gasteiger partial charge in [0.05, 0.1) is 0 Å². The number of nitrogens with zero attached hydrogens (tertiary/aromatic N) is 1. The second-order valence-electron chi connectivity index (χ2n) is 4.15. The zero-order chi connectivity index (χ0) is 13.0. The third-order valence-corrected chi connectivity index (χ3v) is 3.39. The maximum atomic E-state index is 5.99. The molecule has 1 unspecified atom stereocenters. The predicted octanol–water partition coefficient (Wildman–Crippen LogP) is 3.27. The first-order valence-corrected chi connectivity index (χ1v) is 6.96. The van der Waals surface area contributed by atoms with Crippen LogP contribution in [0.15, 0.2) is 29.8 Å². The minimum atomic E-state index is 0.0747. The summed E-state index contributed by atoms with van der Waals surface area (Å²) < 4.78 is 5.77. The molecule has 2 rings (SSSR count). The molecule has 1 heterocycles. The quantitative estimate of drug-likeness (QED) is 0.916. The fraction of sp³-hybridized carbons (Fsp3) is 0.308. The van der Waals surface area contributed by atoms with Crippen LogP contribution < -0.4 is 10.5 Å². The predicted molar refractivity (Wildman–Crippen MR) is 75.3 cm³/mol. The molecule has 3 nitrogen and oxygen atoms in total. The Morgan fingerprint density at radius 2 is 2.33 bits per heavy atom. The molecular weight excluding hydrogens is 268 g/mol. The first-order valence-electron chi connectivity index (χ1n) is 5.70. The monoisotopic (exact) mass is 282 g/mol. The van der Waals surface area contributed by atoms with Crippen LogP contribution in [0.2, 0.25) is 5.02 Å². The maximum absolute atomic E-state index is 5.99. The smallest absolute Gasteiger partial charge is 0.140 e. The summed E-state index contributed by atoms with van der Waals surface area (Å²) in [6, 6.07) is 5.68. The number of rotatable bonds is 5. The van der Waals surface area contributed by atoms with E-state index in [-0.39, 0.29) is 6.04 Å². The lowest BCUT2D eigenvalue weighted by atomic mass is 10.1. The van der Waals surface area contributed by atoms with Gasteiger partial charge in [0.15, 0.2) is 0 Å². The SMILES string of the molecule is CC(N)Cc1cc(Cl)ccc1OCc1nccs1. The summed E-state index contributed by atoms with van der Waals surface area (Å²) in [6.07, 6.45) is 2.52. The molecule has 2 N–H and O–H groups in total. The van der Waals surface area contributed by atoms with E-state index in [4.69, 9.17) is 22.1 Å². The topological polar surface area (TPSA) is 48.1 Å². The van der Waals surface area contributed by atoms with E-state index in [9.17, 15) is 0 Å². The molecule has 0 spiro atoms. The highest BCUT2D eigenvalue weighted by atomic mass is 35.5. The Morgan fingerprint density at radius 1 is 1.50 bits per heavy atom. The zero-order valence-corrected chi connectivity index (χ0v) is 11.7. The van der Waals surface area contributed by atoms with E-state index >= 15 is 0 Å². The highest BCUT2D eigenvalue weighted by molar-refractivity contribution is 7.09. The molecular formula is C13H15ClN2OS. The van der Waals surface area contributed by atoms with Gasteiger partial charge in [0.1, 0.15) is 17.4 Å². The van der Waals surface area contributed by atoms with Crippen LogP contribution in [0.5, 0.6) is 5.75 Å². The second-order valence-corrected chi connectivity index (χ2v) is 5.56. The molecule has 1 aromatic heterocycles. The molecule has 0 aliphatic carbocycles. The summed E-state index contributed by atoms with van der Waals surface area (Å²) in [5.41, 5.74) is 6.86. The Hall–Kier alpha value is -1.10. The van der Waals surface area contributed by atoms with Crippen LogP contribution in [0.1, 0.15) is 17.5 Å². The number of hydrogen-bond donors (Lipinski definition) is 1. The number of hydrogen-bond acceptors (Lipinski definition) is 4. The largest absolute Gasteiger partial charge is 0.486 e. The molecule has 1 aromatic carbocycles. The third kappa shape index (κ3) is 3.70. The molecule has 0 aliphatic heterocycles. The van der Waals surface area contributed by atoms with Gasteiger partial charge in [-0.2, -0.15) is 0 Å². The van der Waals surface area contributed by atoms with Gasteiger partial charge in [-0.05, 0) is 37.1 Å². The average molecular weight is 283 g/mol. The van der Waals surface area contributed by atoms with Crippen molar-refractivity contribution in [1.82, 2.24) is 4.98 Å². The van der Waals surface area contributed by atoms with Crippen molar-refractivity contribution in [2.75, 3.05) is 0 Å². The summed E-state index contributed by atoms with van der Waals surface area (Å²) in [5.74, 6) is 0.826. The van der Waals surface area contributed by atoms with Gasteiger partial charge in [0.2, 0.25) is 0 Å². The Bertz CT molecular complexity index is 500. The van der Waals surface area contributed by atoms with Crippen molar-refractivity contribution in [3.05, 3.63) is 45.4 Å². The van der Waals surface area contributed by atoms with E-state index in [0.717, 1.165) is 22.7 Å². The fourth-order valence-corrected chi connectivity index (χ4v) is 2.38. The molecule has 0 aliphatic rings. The summed E-state index contributed by atoms with van der Waals surface area (Å²) in [5, 5.41) is 3.59. The van der Waals surface area contributed by atoms with E-state index in [1.165, 1.54) is 0 Å². The van der Waals surface area contributed by atoms with E-state index in [1.807, 2.05) is 30.5 Å². The molecule has 5 heteroatoms. The van der Waals surface area contributed by atoms with Crippen molar-refractivity contribution in [2.24, 2.45) is 5.73 Å². The highest BCUT2D eigenvalue weighted by Gasteiger charge is 2.08. The number of nitrogens with two attached hydrogens (primary N) is 1. The first-order chi connectivity index (χ1) is 8.65. The van der Waals surface area contributed by atoms with Crippen LogP contribution in [0.4, 0.5) is 0 Å². The van der Waals surface area contributed by atoms with Crippen molar-refractivity contribution < 1.29 is 4.74 Å². The third-order valence-electron chi connectivity index (χ3n) is 2.40. The van der Waals surface area contributed by atoms with Crippen LogP contribution >= 0.6 is 22.9 Å². The molecule has 0 saturated carbocycles. The van der Waals surface area contributed by atoms with E-state index in [2.05, 4.69) is 4.98 Å². The maximum Gasteiger partial charge on any atom is 0.140 e. The summed E-state index contributed by atoms with van der Waals surface area (Å²) in [4.78, 5) is 4.18. The number of thiazole rings is 1. The highest BCUT2D eigenvalue weighted by Crippen LogP contribution is 2.25. The van der Waals surface area contributed by atoms with Crippen LogP contribution in [0.25, 0.3) is 0 Å². The van der Waals surface area contributed by atoms with Crippen molar-refractivity contribution in [1.29, 1.82) is 0 Å². The molecule has 0 fully saturated rings. The molecule has 0 radical (unpaired) electrons. The standard InChI is InChI=1S/C13H15ClN2OS/c1-9(15)6-10-7-11(14)2-3-12(10)17-8-13-16-4-5-18-13/h2-5,7,9H,6,8,15H2,1H3. The van der Waals surface area contributed by atoms with Gasteiger partial charge in [-0.3, -0.25) is 0 Å². The minimum Gasteiger partial charge on any atom is -0.486 e. The number of ether oxygens (including phenoxy) is 1. The van der Waals surface area contributed by atoms with Gasteiger partial charge in [-0.25, -0.2) is 4.98 Å². The van der Waals surface area contributed by atoms with Gasteiger partial charge < -0.3 is 10.5 Å². The van der Waals surface area contributed by atoms with Crippen LogP contribution in [0, 0.1) is 0 Å². The molecule has 0 bridgehead atoms. The van der Waals surface area contributed by atoms with E-state index in [1.54, 1.807) is 17.5 Å². The molecule has 18 heavy (non-hydrogen) atoms. The van der Waals surface area contributed by atoms with Crippen LogP contribution in [-0.2, 0) is 13.0 Å². The molecule has 96 valence electrons. The Labute approximate surface area is 116 Å². The van der Waals surface area contributed by atoms with Gasteiger partial charge in [0.25, 0.3) is 0 Å². The van der Waals surface area contributed by atoms with Crippen LogP contribution in [0.3, 0.4) is 0 Å². The Morgan fingerprint density at radius 3 is 3.00 bits per heavy atom. The number of aromatic nitrogens is 1. The van der Waals surface area contributed by atoms with Crippen LogP contribution in [-0.4, -0.2) is 11.0 Å². The van der Waals surface area contributed by atoms with Crippen molar-refractivity contribution in [3.8, 4) is 5.75 Å². The van der Waals surface area contributed by atoms with Crippen molar-refractivity contribution >= 4 is 22.9 Å². The average Bonchev–Trinajstić information content (AvgIpc) is 2.80.